The topological polar surface area (TPSA) is 59.4 Å². The smallest absolute Gasteiger partial charge is 0.225 e. The van der Waals surface area contributed by atoms with Crippen LogP contribution in [0.25, 0.3) is 0 Å². The minimum atomic E-state index is -0.0654. The highest BCUT2D eigenvalue weighted by Crippen LogP contribution is 2.13. The number of hydrogen-bond acceptors (Lipinski definition) is 4. The van der Waals surface area contributed by atoms with Crippen LogP contribution in [0, 0.1) is 11.3 Å². The molecule has 0 aromatic heterocycles. The number of amides is 1. The van der Waals surface area contributed by atoms with Gasteiger partial charge in [0.25, 0.3) is 0 Å². The largest absolute Gasteiger partial charge is 0.325 e. The third kappa shape index (κ3) is 5.83. The first-order valence-electron chi connectivity index (χ1n) is 6.65. The van der Waals surface area contributed by atoms with Crippen molar-refractivity contribution < 1.29 is 4.79 Å². The van der Waals surface area contributed by atoms with Crippen LogP contribution in [-0.2, 0) is 4.79 Å². The summed E-state index contributed by atoms with van der Waals surface area (Å²) in [5, 5.41) is 11.7. The third-order valence-corrected chi connectivity index (χ3v) is 2.97. The monoisotopic (exact) mass is 274 g/mol. The zero-order valence-electron chi connectivity index (χ0n) is 12.4. The van der Waals surface area contributed by atoms with E-state index in [1.54, 1.807) is 24.3 Å². The van der Waals surface area contributed by atoms with Crippen LogP contribution in [0.2, 0.25) is 0 Å². The van der Waals surface area contributed by atoms with E-state index in [0.717, 1.165) is 13.1 Å². The summed E-state index contributed by atoms with van der Waals surface area (Å²) >= 11 is 0. The van der Waals surface area contributed by atoms with Crippen molar-refractivity contribution in [1.82, 2.24) is 9.80 Å². The molecular formula is C15H22N4O. The van der Waals surface area contributed by atoms with Gasteiger partial charge in [-0.15, -0.1) is 0 Å². The van der Waals surface area contributed by atoms with Crippen molar-refractivity contribution in [1.29, 1.82) is 5.26 Å². The number of nitriles is 1. The zero-order valence-corrected chi connectivity index (χ0v) is 12.4. The molecule has 0 saturated heterocycles. The molecule has 108 valence electrons. The predicted molar refractivity (Wildman–Crippen MR) is 80.5 cm³/mol. The van der Waals surface area contributed by atoms with Crippen molar-refractivity contribution >= 4 is 11.6 Å². The van der Waals surface area contributed by atoms with Crippen molar-refractivity contribution in [2.75, 3.05) is 46.1 Å². The summed E-state index contributed by atoms with van der Waals surface area (Å²) in [4.78, 5) is 16.1. The second-order valence-electron chi connectivity index (χ2n) is 5.06. The van der Waals surface area contributed by atoms with Crippen molar-refractivity contribution in [3.05, 3.63) is 29.8 Å². The molecule has 1 rings (SSSR count). The Bertz CT molecular complexity index is 479. The molecule has 1 aromatic rings. The first-order valence-corrected chi connectivity index (χ1v) is 6.65. The van der Waals surface area contributed by atoms with E-state index in [4.69, 9.17) is 5.26 Å². The van der Waals surface area contributed by atoms with Crippen molar-refractivity contribution in [3.63, 3.8) is 0 Å². The van der Waals surface area contributed by atoms with E-state index in [0.29, 0.717) is 24.2 Å². The van der Waals surface area contributed by atoms with Crippen LogP contribution in [0.4, 0.5) is 5.69 Å². The fraction of sp³-hybridized carbons (Fsp3) is 0.467. The molecular weight excluding hydrogens is 252 g/mol. The van der Waals surface area contributed by atoms with E-state index in [9.17, 15) is 4.79 Å². The van der Waals surface area contributed by atoms with E-state index >= 15 is 0 Å². The Labute approximate surface area is 120 Å². The number of carbonyl (C=O) groups excluding carboxylic acids is 1. The van der Waals surface area contributed by atoms with Crippen LogP contribution in [0.1, 0.15) is 12.0 Å². The molecule has 20 heavy (non-hydrogen) atoms. The maximum Gasteiger partial charge on any atom is 0.225 e. The number of likely N-dealkylation sites (N-methyl/N-ethyl adjacent to an activating group) is 2. The predicted octanol–water partition coefficient (Wildman–Crippen LogP) is 1.38. The number of benzene rings is 1. The number of rotatable bonds is 7. The fourth-order valence-electron chi connectivity index (χ4n) is 1.68. The summed E-state index contributed by atoms with van der Waals surface area (Å²) in [7, 11) is 6.05. The van der Waals surface area contributed by atoms with Crippen LogP contribution >= 0.6 is 0 Å². The fourth-order valence-corrected chi connectivity index (χ4v) is 1.68. The van der Waals surface area contributed by atoms with Gasteiger partial charge in [0.15, 0.2) is 0 Å². The molecule has 0 bridgehead atoms. The minimum absolute atomic E-state index is 0.0654. The maximum atomic E-state index is 11.9. The molecule has 0 radical (unpaired) electrons. The second kappa shape index (κ2) is 8.31. The van der Waals surface area contributed by atoms with Gasteiger partial charge in [-0.05, 0) is 33.3 Å². The summed E-state index contributed by atoms with van der Waals surface area (Å²) in [6.45, 7) is 2.60. The van der Waals surface area contributed by atoms with Gasteiger partial charge >= 0.3 is 0 Å². The Hall–Kier alpha value is -1.90. The van der Waals surface area contributed by atoms with Gasteiger partial charge < -0.3 is 15.1 Å². The number of carbonyl (C=O) groups is 1. The average Bonchev–Trinajstić information content (AvgIpc) is 2.43. The molecule has 0 heterocycles. The lowest BCUT2D eigenvalue weighted by atomic mass is 10.2. The van der Waals surface area contributed by atoms with Gasteiger partial charge in [0.05, 0.1) is 11.3 Å². The highest BCUT2D eigenvalue weighted by molar-refractivity contribution is 5.92. The van der Waals surface area contributed by atoms with E-state index in [1.807, 2.05) is 21.1 Å². The molecule has 0 aliphatic rings. The average molecular weight is 274 g/mol. The lowest BCUT2D eigenvalue weighted by molar-refractivity contribution is -0.116. The van der Waals surface area contributed by atoms with E-state index < -0.39 is 0 Å². The number of nitrogens with one attached hydrogen (secondary N) is 1. The van der Waals surface area contributed by atoms with Crippen LogP contribution < -0.4 is 5.32 Å². The van der Waals surface area contributed by atoms with Gasteiger partial charge in [-0.2, -0.15) is 5.26 Å². The Balaban J connectivity index is 2.39. The Morgan fingerprint density at radius 2 is 1.90 bits per heavy atom. The van der Waals surface area contributed by atoms with Gasteiger partial charge in [-0.3, -0.25) is 4.79 Å². The van der Waals surface area contributed by atoms with Crippen LogP contribution in [0.3, 0.4) is 0 Å². The van der Waals surface area contributed by atoms with Gasteiger partial charge in [-0.25, -0.2) is 0 Å². The van der Waals surface area contributed by atoms with Crippen molar-refractivity contribution in [2.45, 2.75) is 6.42 Å². The second-order valence-corrected chi connectivity index (χ2v) is 5.06. The van der Waals surface area contributed by atoms with E-state index in [-0.39, 0.29) is 5.91 Å². The van der Waals surface area contributed by atoms with E-state index in [1.165, 1.54) is 0 Å². The lowest BCUT2D eigenvalue weighted by Crippen LogP contribution is -2.31. The number of nitrogens with zero attached hydrogens (tertiary/aromatic N) is 3. The van der Waals surface area contributed by atoms with E-state index in [2.05, 4.69) is 21.2 Å². The highest BCUT2D eigenvalue weighted by Gasteiger charge is 2.07. The number of hydrogen-bond donors (Lipinski definition) is 1. The quantitative estimate of drug-likeness (QED) is 0.816. The summed E-state index contributed by atoms with van der Waals surface area (Å²) in [6, 6.07) is 9.09. The zero-order chi connectivity index (χ0) is 15.0. The number of anilines is 1. The van der Waals surface area contributed by atoms with Gasteiger partial charge in [-0.1, -0.05) is 12.1 Å². The number of para-hydroxylation sites is 1. The molecule has 1 aromatic carbocycles. The van der Waals surface area contributed by atoms with Crippen LogP contribution in [-0.4, -0.2) is 56.5 Å². The minimum Gasteiger partial charge on any atom is -0.325 e. The van der Waals surface area contributed by atoms with Crippen LogP contribution in [0.15, 0.2) is 24.3 Å². The molecule has 0 aliphatic heterocycles. The van der Waals surface area contributed by atoms with Gasteiger partial charge in [0, 0.05) is 26.1 Å². The maximum absolute atomic E-state index is 11.9. The molecule has 0 unspecified atom stereocenters. The molecule has 0 fully saturated rings. The summed E-state index contributed by atoms with van der Waals surface area (Å²) in [6.07, 6.45) is 0.420. The molecule has 0 atom stereocenters. The molecule has 1 N–H and O–H groups in total. The van der Waals surface area contributed by atoms with Gasteiger partial charge in [0.1, 0.15) is 6.07 Å². The molecule has 0 saturated carbocycles. The first kappa shape index (κ1) is 16.2. The SMILES string of the molecule is CN(C)CCN(C)CCC(=O)Nc1ccccc1C#N. The lowest BCUT2D eigenvalue weighted by Gasteiger charge is -2.19. The Morgan fingerprint density at radius 1 is 1.20 bits per heavy atom. The third-order valence-electron chi connectivity index (χ3n) is 2.97. The first-order chi connectivity index (χ1) is 9.52. The molecule has 5 heteroatoms. The Kier molecular flexibility index (Phi) is 6.71. The summed E-state index contributed by atoms with van der Waals surface area (Å²) in [5.41, 5.74) is 1.07. The van der Waals surface area contributed by atoms with Crippen molar-refractivity contribution in [3.8, 4) is 6.07 Å². The van der Waals surface area contributed by atoms with Gasteiger partial charge in [0.2, 0.25) is 5.91 Å². The normalized spacial score (nSPS) is 10.6. The molecule has 0 aliphatic carbocycles. The van der Waals surface area contributed by atoms with Crippen LogP contribution in [0.5, 0.6) is 0 Å². The summed E-state index contributed by atoms with van der Waals surface area (Å²) in [5.74, 6) is -0.0654. The standard InChI is InChI=1S/C15H22N4O/c1-18(2)10-11-19(3)9-8-15(20)17-14-7-5-4-6-13(14)12-16/h4-7H,8-11H2,1-3H3,(H,17,20). The molecule has 1 amide bonds. The van der Waals surface area contributed by atoms with Crippen molar-refractivity contribution in [2.24, 2.45) is 0 Å². The summed E-state index contributed by atoms with van der Waals surface area (Å²) < 4.78 is 0. The highest BCUT2D eigenvalue weighted by atomic mass is 16.1. The molecule has 5 nitrogen and oxygen atoms in total. The Morgan fingerprint density at radius 3 is 2.55 bits per heavy atom. The molecule has 0 spiro atoms.